The van der Waals surface area contributed by atoms with Gasteiger partial charge < -0.3 is 102 Å². The molecule has 16 amide bonds. The van der Waals surface area contributed by atoms with Crippen molar-refractivity contribution in [2.45, 2.75) is 239 Å². The monoisotopic (exact) mass is 1860 g/mol. The first kappa shape index (κ1) is 104. The number of fused-ring (bicyclic) bond motifs is 1. The van der Waals surface area contributed by atoms with E-state index in [9.17, 15) is 69.6 Å². The molecule has 0 aliphatic carbocycles. The predicted molar refractivity (Wildman–Crippen MR) is 484 cm³/mol. The van der Waals surface area contributed by atoms with Crippen LogP contribution >= 0.6 is 0 Å². The van der Waals surface area contributed by atoms with Crippen LogP contribution in [0.1, 0.15) is 175 Å². The number of nitrogens with zero attached hydrogens (tertiary/aromatic N) is 2. The van der Waals surface area contributed by atoms with Gasteiger partial charge in [-0.05, 0) is 132 Å². The van der Waals surface area contributed by atoms with Crippen LogP contribution in [0.2, 0.25) is 0 Å². The van der Waals surface area contributed by atoms with Crippen molar-refractivity contribution < 1.29 is 93.5 Å². The first-order valence-corrected chi connectivity index (χ1v) is 48.3. The van der Waals surface area contributed by atoms with Crippen molar-refractivity contribution in [2.75, 3.05) is 57.0 Å². The van der Waals surface area contributed by atoms with Gasteiger partial charge in [0.25, 0.3) is 0 Å². The number of amides is 16. The number of rotatable bonds is 54. The summed E-state index contributed by atoms with van der Waals surface area (Å²) in [5, 5.41) is 41.8. The Balaban J connectivity index is 0.967. The molecule has 0 spiro atoms. The van der Waals surface area contributed by atoms with Gasteiger partial charge in [-0.2, -0.15) is 0 Å². The lowest BCUT2D eigenvalue weighted by Crippen LogP contribution is -2.60. The van der Waals surface area contributed by atoms with Crippen LogP contribution < -0.4 is 92.1 Å². The molecule has 4 fully saturated rings. The quantitative estimate of drug-likeness (QED) is 0.00765. The summed E-state index contributed by atoms with van der Waals surface area (Å²) >= 11 is 0. The van der Waals surface area contributed by atoms with E-state index in [0.29, 0.717) is 67.2 Å². The summed E-state index contributed by atoms with van der Waals surface area (Å²) in [7, 11) is -7.01. The molecule has 4 aliphatic heterocycles. The predicted octanol–water partition coefficient (Wildman–Crippen LogP) is -1.76. The van der Waals surface area contributed by atoms with E-state index < -0.39 is 205 Å². The maximum atomic E-state index is 15.3. The highest BCUT2D eigenvalue weighted by Crippen LogP contribution is 2.30. The number of guanidine groups is 1. The highest BCUT2D eigenvalue weighted by molar-refractivity contribution is 7.92. The van der Waals surface area contributed by atoms with Crippen LogP contribution in [-0.2, 0) is 106 Å². The van der Waals surface area contributed by atoms with Gasteiger partial charge in [-0.15, -0.1) is 0 Å². The van der Waals surface area contributed by atoms with Crippen molar-refractivity contribution in [1.29, 1.82) is 5.41 Å². The Morgan fingerprint density at radius 1 is 0.489 bits per heavy atom. The normalized spacial score (nSPS) is 18.5. The average Bonchev–Trinajstić information content (AvgIpc) is 1.61. The second kappa shape index (κ2) is 51.2. The SMILES string of the molecule is CC(C)C[C@H](NC(=O)CNC(=O)[C@H](Cc1ccccc1)NC(=O)[C@H](Cc1ccccc1)NC(=O)[C@H](CCC(N)=O)NC(=O)[C@H](Cc1ccc(C(=O)c2ccccc2)cc1)NC(=O)[C@@H]1CCCN1C(=O)[C@H](CCCCN)NC(=O)[C@@H]1CCCN1C(=O)[C@H](CCCNC(=N)N)NC(=O)CCCCNC(=O)CCCC[C@H]1[C@H]2NC(=O)N[C@H]2CS1(=O)=O)C(=O)N[C@@H](CCS(C)(=O)=O)C(N)=O. The number of urea groups is 1. The van der Waals surface area contributed by atoms with Gasteiger partial charge in [0, 0.05) is 82.1 Å². The third-order valence-electron chi connectivity index (χ3n) is 23.2. The van der Waals surface area contributed by atoms with Crippen LogP contribution in [0, 0.1) is 11.3 Å². The molecular formula is C89H126N20O20S2. The molecule has 4 heterocycles. The Kier molecular flexibility index (Phi) is 40.6. The molecule has 131 heavy (non-hydrogen) atoms. The van der Waals surface area contributed by atoms with Gasteiger partial charge >= 0.3 is 6.03 Å². The second-order valence-corrected chi connectivity index (χ2v) is 38.6. The average molecular weight is 1860 g/mol. The lowest BCUT2D eigenvalue weighted by atomic mass is 9.98. The Morgan fingerprint density at radius 2 is 0.969 bits per heavy atom. The standard InChI is InChI=1S/C89H126N20O20S2/c1-54(2)48-64(81(118)100-60(78(92)115)41-47-130(3,126)127)99-75(113)52-97-79(116)65(49-55-22-7-4-8-23-55)103-83(120)66(50-56-24-9-5-10-25-56)104-80(117)61(39-40-72(91)110)101-82(119)67(51-57-35-37-59(38-36-57)77(114)58-26-11-6-12-27-58)105-85(122)70-31-21-46-109(70)87(124)63(28-15-17-42-90)102-84(121)69-30-20-45-108(69)86(123)62(29-19-44-96-88(93)94)98-74(112)34-16-18-43-95-73(111)33-14-13-32-71-76-68(53-131(71,128)129)106-89(125)107-76/h4-12,22-27,35-38,54,60-71,76H,13-21,28-34,39-53,90H2,1-3H3,(H2,91,110)(H2,92,115)(H,95,111)(H,97,116)(H,98,112)(H,99,113)(H,100,118)(H,101,119)(H,102,121)(H,103,120)(H,104,117)(H,105,122)(H4,93,94,96)(H2,106,107,125)/t60-,61-,62-,63-,64-,65-,66-,67-,68-,69-,70-,71-,76-/m0/s1. The Bertz CT molecular complexity index is 4900. The van der Waals surface area contributed by atoms with Gasteiger partial charge in [0.15, 0.2) is 21.6 Å². The molecule has 714 valence electrons. The van der Waals surface area contributed by atoms with Crippen LogP contribution in [0.25, 0.3) is 0 Å². The summed E-state index contributed by atoms with van der Waals surface area (Å²) in [4.78, 5) is 227. The molecule has 4 aromatic rings. The molecule has 4 aromatic carbocycles. The number of unbranched alkanes of at least 4 members (excludes halogenated alkanes) is 3. The van der Waals surface area contributed by atoms with E-state index >= 15 is 24.0 Å². The molecule has 8 rings (SSSR count). The molecule has 4 aliphatic rings. The van der Waals surface area contributed by atoms with Crippen molar-refractivity contribution in [3.63, 3.8) is 0 Å². The van der Waals surface area contributed by atoms with Gasteiger partial charge in [-0.3, -0.25) is 77.3 Å². The van der Waals surface area contributed by atoms with Crippen LogP contribution in [-0.4, -0.2) is 262 Å². The van der Waals surface area contributed by atoms with Crippen molar-refractivity contribution in [3.05, 3.63) is 143 Å². The third kappa shape index (κ3) is 33.8. The maximum Gasteiger partial charge on any atom is 0.315 e. The zero-order valence-electron chi connectivity index (χ0n) is 74.2. The van der Waals surface area contributed by atoms with Gasteiger partial charge in [0.2, 0.25) is 82.7 Å². The van der Waals surface area contributed by atoms with E-state index in [0.717, 1.165) is 6.26 Å². The van der Waals surface area contributed by atoms with E-state index in [1.807, 2.05) is 0 Å². The highest BCUT2D eigenvalue weighted by Gasteiger charge is 2.52. The number of likely N-dealkylation sites (tertiary alicyclic amines) is 2. The second-order valence-electron chi connectivity index (χ2n) is 34.1. The lowest BCUT2D eigenvalue weighted by molar-refractivity contribution is -0.144. The first-order chi connectivity index (χ1) is 62.4. The van der Waals surface area contributed by atoms with Crippen molar-refractivity contribution >= 4 is 120 Å². The van der Waals surface area contributed by atoms with Crippen molar-refractivity contribution in [2.24, 2.45) is 28.9 Å². The summed E-state index contributed by atoms with van der Waals surface area (Å²) in [6, 6.07) is 16.0. The number of carbonyl (C=O) groups is 16. The zero-order valence-corrected chi connectivity index (χ0v) is 75.8. The van der Waals surface area contributed by atoms with E-state index in [1.165, 1.54) is 21.9 Å². The minimum Gasteiger partial charge on any atom is -0.370 e. The molecule has 4 saturated heterocycles. The van der Waals surface area contributed by atoms with Crippen LogP contribution in [0.4, 0.5) is 4.79 Å². The number of hydrogen-bond acceptors (Lipinski definition) is 22. The van der Waals surface area contributed by atoms with Gasteiger partial charge in [0.1, 0.15) is 70.3 Å². The number of hydrogen-bond donors (Lipinski definition) is 18. The molecular weight excluding hydrogens is 1730 g/mol. The fourth-order valence-corrected chi connectivity index (χ4v) is 19.3. The number of benzene rings is 4. The molecule has 22 N–H and O–H groups in total. The summed E-state index contributed by atoms with van der Waals surface area (Å²) in [6.07, 6.45) is 2.75. The minimum absolute atomic E-state index is 0.00192. The highest BCUT2D eigenvalue weighted by atomic mass is 32.2. The summed E-state index contributed by atoms with van der Waals surface area (Å²) in [5.74, 6) is -12.6. The van der Waals surface area contributed by atoms with Crippen molar-refractivity contribution in [1.82, 2.24) is 78.9 Å². The summed E-state index contributed by atoms with van der Waals surface area (Å²) in [6.45, 7) is 3.45. The first-order valence-electron chi connectivity index (χ1n) is 44.5. The third-order valence-corrected chi connectivity index (χ3v) is 26.4. The molecule has 42 heteroatoms. The molecule has 0 saturated carbocycles. The van der Waals surface area contributed by atoms with E-state index in [-0.39, 0.29) is 157 Å². The van der Waals surface area contributed by atoms with E-state index in [2.05, 4.69) is 69.1 Å². The van der Waals surface area contributed by atoms with Gasteiger partial charge in [-0.25, -0.2) is 21.6 Å². The molecule has 0 bridgehead atoms. The molecule has 0 unspecified atom stereocenters. The Labute approximate surface area is 762 Å². The number of primary amides is 2. The Hall–Kier alpha value is -12.5. The summed E-state index contributed by atoms with van der Waals surface area (Å²) in [5.41, 5.74) is 24.8. The minimum atomic E-state index is -3.58. The fourth-order valence-electron chi connectivity index (χ4n) is 16.3. The van der Waals surface area contributed by atoms with Crippen LogP contribution in [0.3, 0.4) is 0 Å². The molecule has 0 aromatic heterocycles. The molecule has 13 atom stereocenters. The van der Waals surface area contributed by atoms with Crippen LogP contribution in [0.15, 0.2) is 115 Å². The number of sulfone groups is 2. The van der Waals surface area contributed by atoms with Gasteiger partial charge in [-0.1, -0.05) is 136 Å². The van der Waals surface area contributed by atoms with E-state index in [1.54, 1.807) is 117 Å². The van der Waals surface area contributed by atoms with Crippen LogP contribution in [0.5, 0.6) is 0 Å². The fraction of sp³-hybridized carbons (Fsp3) is 0.539. The van der Waals surface area contributed by atoms with Crippen molar-refractivity contribution in [3.8, 4) is 0 Å². The maximum absolute atomic E-state index is 15.3. The number of ketones is 1. The zero-order chi connectivity index (χ0) is 95.5. The topological polar surface area (TPSA) is 632 Å². The molecule has 0 radical (unpaired) electrons. The number of nitrogens with one attached hydrogen (secondary N) is 14. The van der Waals surface area contributed by atoms with E-state index in [4.69, 9.17) is 28.3 Å². The largest absolute Gasteiger partial charge is 0.370 e. The van der Waals surface area contributed by atoms with Gasteiger partial charge in [0.05, 0.1) is 35.4 Å². The number of carbonyl (C=O) groups excluding carboxylic acids is 16. The lowest BCUT2D eigenvalue weighted by Gasteiger charge is -2.32. The smallest absolute Gasteiger partial charge is 0.315 e. The number of nitrogens with two attached hydrogens (primary N) is 4. The summed E-state index contributed by atoms with van der Waals surface area (Å²) < 4.78 is 49.3. The Morgan fingerprint density at radius 3 is 1.53 bits per heavy atom. The molecule has 40 nitrogen and oxygen atoms in total.